The van der Waals surface area contributed by atoms with E-state index in [9.17, 15) is 37.9 Å². The van der Waals surface area contributed by atoms with E-state index in [1.165, 1.54) is 31.2 Å². The van der Waals surface area contributed by atoms with Gasteiger partial charge >= 0.3 is 19.4 Å². The number of aliphatic hydroxyl groups is 2. The zero-order valence-electron chi connectivity index (χ0n) is 20.8. The third-order valence-corrected chi connectivity index (χ3v) is 7.40. The van der Waals surface area contributed by atoms with Crippen LogP contribution in [0.1, 0.15) is 27.0 Å². The number of hydrogen-bond donors (Lipinski definition) is 4. The molecule has 216 valence electrons. The first kappa shape index (κ1) is 30.9. The summed E-state index contributed by atoms with van der Waals surface area (Å²) in [6.07, 6.45) is -9.86. The number of esters is 1. The summed E-state index contributed by atoms with van der Waals surface area (Å²) in [4.78, 5) is 37.9. The highest BCUT2D eigenvalue weighted by Crippen LogP contribution is 2.49. The molecule has 0 radical (unpaired) electrons. The number of halogens is 3. The second-order valence-corrected chi connectivity index (χ2v) is 11.0. The Kier molecular flexibility index (Phi) is 9.70. The van der Waals surface area contributed by atoms with Gasteiger partial charge in [0.2, 0.25) is 0 Å². The number of aliphatic hydroxyl groups excluding tert-OH is 2. The lowest BCUT2D eigenvalue weighted by Crippen LogP contribution is -2.53. The number of H-pyrrole nitrogens is 1. The molecular formula is C22H27ClF2N3O10P. The maximum Gasteiger partial charge on any atom is 0.459 e. The maximum atomic E-state index is 14.4. The van der Waals surface area contributed by atoms with Gasteiger partial charge in [0.15, 0.2) is 11.8 Å². The first-order valence-corrected chi connectivity index (χ1v) is 13.4. The van der Waals surface area contributed by atoms with E-state index < -0.39 is 79.2 Å². The summed E-state index contributed by atoms with van der Waals surface area (Å²) in [5.74, 6) is -0.875. The van der Waals surface area contributed by atoms with Crippen LogP contribution < -0.4 is 20.9 Å². The highest BCUT2D eigenvalue weighted by atomic mass is 35.5. The number of alkyl halides is 2. The van der Waals surface area contributed by atoms with Crippen molar-refractivity contribution in [3.63, 3.8) is 0 Å². The number of benzene rings is 1. The van der Waals surface area contributed by atoms with Crippen molar-refractivity contribution >= 4 is 25.3 Å². The van der Waals surface area contributed by atoms with Gasteiger partial charge in [0.25, 0.3) is 12.0 Å². The molecule has 1 saturated heterocycles. The van der Waals surface area contributed by atoms with Gasteiger partial charge in [-0.15, -0.1) is 0 Å². The number of rotatable bonds is 11. The molecule has 1 aliphatic rings. The number of aromatic nitrogens is 2. The monoisotopic (exact) mass is 597 g/mol. The average Bonchev–Trinajstić information content (AvgIpc) is 3.11. The summed E-state index contributed by atoms with van der Waals surface area (Å²) in [5, 5.41) is 22.9. The Morgan fingerprint density at radius 2 is 1.90 bits per heavy atom. The molecule has 1 unspecified atom stereocenters. The number of carbonyl (C=O) groups excluding carboxylic acids is 1. The van der Waals surface area contributed by atoms with Crippen molar-refractivity contribution in [2.45, 2.75) is 63.4 Å². The molecule has 1 aliphatic heterocycles. The number of nitrogens with one attached hydrogen (secondary N) is 2. The molecule has 0 spiro atoms. The van der Waals surface area contributed by atoms with Gasteiger partial charge in [0, 0.05) is 6.20 Å². The second-order valence-electron chi connectivity index (χ2n) is 8.85. The van der Waals surface area contributed by atoms with Crippen LogP contribution in [0, 0.1) is 0 Å². The Balaban J connectivity index is 1.92. The van der Waals surface area contributed by atoms with Gasteiger partial charge in [0.05, 0.1) is 12.7 Å². The van der Waals surface area contributed by atoms with Crippen LogP contribution in [-0.4, -0.2) is 68.7 Å². The molecule has 1 aromatic heterocycles. The lowest BCUT2D eigenvalue weighted by Gasteiger charge is -2.32. The normalized spacial score (nSPS) is 25.4. The quantitative estimate of drug-likeness (QED) is 0.218. The molecule has 2 aromatic rings. The van der Waals surface area contributed by atoms with Gasteiger partial charge in [-0.25, -0.2) is 18.1 Å². The highest BCUT2D eigenvalue weighted by Gasteiger charge is 2.61. The van der Waals surface area contributed by atoms with Crippen molar-refractivity contribution in [1.29, 1.82) is 0 Å². The largest absolute Gasteiger partial charge is 0.462 e. The van der Waals surface area contributed by atoms with E-state index >= 15 is 0 Å². The molecule has 2 heterocycles. The molecule has 6 atom stereocenters. The molecule has 3 rings (SSSR count). The fourth-order valence-electron chi connectivity index (χ4n) is 3.56. The van der Waals surface area contributed by atoms with Crippen LogP contribution in [0.15, 0.2) is 46.1 Å². The SMILES string of the molecule is CC(C)OC(=O)[C@H](C)NP(=O)(OC[C@@]1(C(F)F)O[C@@H](n2cc(Cl)c(=O)[nH]c2=O)[C@H](O)[C@@H]1O)Oc1ccccc1. The van der Waals surface area contributed by atoms with Crippen LogP contribution in [0.3, 0.4) is 0 Å². The lowest BCUT2D eigenvalue weighted by molar-refractivity contribution is -0.192. The predicted octanol–water partition coefficient (Wildman–Crippen LogP) is 1.58. The standard InChI is InChI=1S/C22H27ClF2N3O10P/c1-11(2)36-19(32)12(3)27-39(34,38-13-7-5-4-6-8-13)35-10-22(20(24)25)16(30)15(29)18(37-22)28-9-14(23)17(31)26-21(28)33/h4-9,11-12,15-16,18,20,29-30H,10H2,1-3H3,(H,27,34)(H,26,31,33)/t12-,15+,16-,18+,22+,39?/m0/s1. The summed E-state index contributed by atoms with van der Waals surface area (Å²) in [7, 11) is -4.69. The summed E-state index contributed by atoms with van der Waals surface area (Å²) < 4.78 is 63.9. The fraction of sp³-hybridized carbons (Fsp3) is 0.500. The maximum absolute atomic E-state index is 14.4. The Hall–Kier alpha value is -2.65. The van der Waals surface area contributed by atoms with Crippen molar-refractivity contribution in [3.05, 3.63) is 62.4 Å². The molecule has 1 aromatic carbocycles. The van der Waals surface area contributed by atoms with Gasteiger partial charge in [-0.3, -0.25) is 23.7 Å². The van der Waals surface area contributed by atoms with E-state index in [-0.39, 0.29) is 5.75 Å². The lowest BCUT2D eigenvalue weighted by atomic mass is 9.96. The molecule has 0 aliphatic carbocycles. The minimum absolute atomic E-state index is 0.0240. The molecule has 0 bridgehead atoms. The van der Waals surface area contributed by atoms with Crippen LogP contribution in [0.25, 0.3) is 0 Å². The summed E-state index contributed by atoms with van der Waals surface area (Å²) in [6.45, 7) is 3.07. The van der Waals surface area contributed by atoms with Gasteiger partial charge in [0.1, 0.15) is 29.0 Å². The number of carbonyl (C=O) groups is 1. The summed E-state index contributed by atoms with van der Waals surface area (Å²) in [6, 6.07) is 6.12. The molecule has 4 N–H and O–H groups in total. The zero-order valence-corrected chi connectivity index (χ0v) is 22.5. The third-order valence-electron chi connectivity index (χ3n) is 5.51. The summed E-state index contributed by atoms with van der Waals surface area (Å²) in [5.41, 5.74) is -5.21. The van der Waals surface area contributed by atoms with E-state index in [1.807, 2.05) is 4.98 Å². The topological polar surface area (TPSA) is 178 Å². The Bertz CT molecular complexity index is 1330. The van der Waals surface area contributed by atoms with Gasteiger partial charge in [-0.05, 0) is 32.9 Å². The molecule has 1 fully saturated rings. The van der Waals surface area contributed by atoms with E-state index in [2.05, 4.69) is 5.09 Å². The molecule has 17 heteroatoms. The van der Waals surface area contributed by atoms with Crippen LogP contribution in [0.5, 0.6) is 5.75 Å². The van der Waals surface area contributed by atoms with Gasteiger partial charge in [-0.2, -0.15) is 5.09 Å². The van der Waals surface area contributed by atoms with Crippen LogP contribution >= 0.6 is 19.3 Å². The third kappa shape index (κ3) is 6.92. The minimum Gasteiger partial charge on any atom is -0.462 e. The van der Waals surface area contributed by atoms with Crippen LogP contribution in [0.2, 0.25) is 5.02 Å². The minimum atomic E-state index is -4.69. The van der Waals surface area contributed by atoms with Gasteiger partial charge in [-0.1, -0.05) is 29.8 Å². The van der Waals surface area contributed by atoms with Crippen molar-refractivity contribution in [2.75, 3.05) is 6.61 Å². The molecule has 0 amide bonds. The number of para-hydroxylation sites is 1. The Labute approximate surface area is 225 Å². The first-order chi connectivity index (χ1) is 18.2. The van der Waals surface area contributed by atoms with E-state index in [4.69, 9.17) is 30.1 Å². The summed E-state index contributed by atoms with van der Waals surface area (Å²) >= 11 is 5.71. The first-order valence-electron chi connectivity index (χ1n) is 11.5. The predicted molar refractivity (Wildman–Crippen MR) is 132 cm³/mol. The van der Waals surface area contributed by atoms with Crippen molar-refractivity contribution in [2.24, 2.45) is 0 Å². The van der Waals surface area contributed by atoms with Gasteiger partial charge < -0.3 is 24.2 Å². The fourth-order valence-corrected chi connectivity index (χ4v) is 5.25. The van der Waals surface area contributed by atoms with Crippen LogP contribution in [0.4, 0.5) is 8.78 Å². The second kappa shape index (κ2) is 12.3. The van der Waals surface area contributed by atoms with E-state index in [0.717, 1.165) is 6.20 Å². The van der Waals surface area contributed by atoms with E-state index in [0.29, 0.717) is 4.57 Å². The Morgan fingerprint density at radius 3 is 2.49 bits per heavy atom. The number of ether oxygens (including phenoxy) is 2. The number of hydrogen-bond acceptors (Lipinski definition) is 10. The smallest absolute Gasteiger partial charge is 0.459 e. The van der Waals surface area contributed by atoms with Crippen molar-refractivity contribution in [1.82, 2.24) is 14.6 Å². The van der Waals surface area contributed by atoms with Crippen LogP contribution in [-0.2, 0) is 23.4 Å². The molecule has 13 nitrogen and oxygen atoms in total. The van der Waals surface area contributed by atoms with E-state index in [1.54, 1.807) is 19.9 Å². The number of nitrogens with zero attached hydrogens (tertiary/aromatic N) is 1. The molecule has 39 heavy (non-hydrogen) atoms. The zero-order chi connectivity index (χ0) is 29.1. The van der Waals surface area contributed by atoms with Crippen molar-refractivity contribution in [3.8, 4) is 5.75 Å². The Morgan fingerprint density at radius 1 is 1.26 bits per heavy atom. The number of aromatic amines is 1. The highest BCUT2D eigenvalue weighted by molar-refractivity contribution is 7.52. The van der Waals surface area contributed by atoms with Crippen molar-refractivity contribution < 1.29 is 46.9 Å². The molecule has 0 saturated carbocycles. The average molecular weight is 598 g/mol. The molecular weight excluding hydrogens is 571 g/mol.